The maximum Gasteiger partial charge on any atom is 0.419 e. The third-order valence-corrected chi connectivity index (χ3v) is 2.90. The largest absolute Gasteiger partial charge is 0.481 e. The topological polar surface area (TPSA) is 66.4 Å². The summed E-state index contributed by atoms with van der Waals surface area (Å²) < 4.78 is 51.2. The zero-order valence-electron chi connectivity index (χ0n) is 11.0. The Kier molecular flexibility index (Phi) is 5.28. The summed E-state index contributed by atoms with van der Waals surface area (Å²) in [6.45, 7) is 1.29. The molecular formula is C13H13F4NO3. The number of carbonyl (C=O) groups is 2. The van der Waals surface area contributed by atoms with Crippen LogP contribution in [-0.2, 0) is 11.0 Å². The van der Waals surface area contributed by atoms with Crippen molar-refractivity contribution in [2.75, 3.05) is 6.54 Å². The van der Waals surface area contributed by atoms with Crippen LogP contribution in [0, 0.1) is 11.7 Å². The predicted octanol–water partition coefficient (Wildman–Crippen LogP) is 2.69. The number of hydrogen-bond donors (Lipinski definition) is 2. The number of carboxylic acid groups (broad SMARTS) is 1. The van der Waals surface area contributed by atoms with Crippen molar-refractivity contribution in [3.05, 3.63) is 35.1 Å². The van der Waals surface area contributed by atoms with E-state index in [0.29, 0.717) is 6.07 Å². The first-order chi connectivity index (χ1) is 9.68. The molecule has 1 amide bonds. The number of carbonyl (C=O) groups excluding carboxylic acids is 1. The Morgan fingerprint density at radius 3 is 2.43 bits per heavy atom. The van der Waals surface area contributed by atoms with Gasteiger partial charge in [-0.15, -0.1) is 0 Å². The summed E-state index contributed by atoms with van der Waals surface area (Å²) in [5.41, 5.74) is -2.31. The fourth-order valence-electron chi connectivity index (χ4n) is 1.64. The minimum Gasteiger partial charge on any atom is -0.481 e. The first-order valence-electron chi connectivity index (χ1n) is 6.05. The highest BCUT2D eigenvalue weighted by atomic mass is 19.4. The van der Waals surface area contributed by atoms with Gasteiger partial charge in [0.25, 0.3) is 5.91 Å². The first kappa shape index (κ1) is 16.9. The van der Waals surface area contributed by atoms with Gasteiger partial charge in [-0.2, -0.15) is 13.2 Å². The van der Waals surface area contributed by atoms with Crippen LogP contribution in [0.25, 0.3) is 0 Å². The average molecular weight is 307 g/mol. The van der Waals surface area contributed by atoms with E-state index in [0.717, 1.165) is 12.1 Å². The Bertz CT molecular complexity index is 543. The Hall–Kier alpha value is -2.12. The summed E-state index contributed by atoms with van der Waals surface area (Å²) in [5.74, 6) is -4.80. The molecule has 0 bridgehead atoms. The molecule has 0 fully saturated rings. The van der Waals surface area contributed by atoms with Crippen LogP contribution < -0.4 is 5.32 Å². The SMILES string of the molecule is CCC(CNC(=O)c1cccc(C(F)(F)F)c1F)C(=O)O. The molecule has 1 atom stereocenters. The van der Waals surface area contributed by atoms with Gasteiger partial charge in [-0.3, -0.25) is 9.59 Å². The van der Waals surface area contributed by atoms with Gasteiger partial charge in [0.05, 0.1) is 17.0 Å². The fourth-order valence-corrected chi connectivity index (χ4v) is 1.64. The molecule has 0 aliphatic carbocycles. The molecule has 1 unspecified atom stereocenters. The molecule has 1 rings (SSSR count). The van der Waals surface area contributed by atoms with Crippen molar-refractivity contribution in [2.24, 2.45) is 5.92 Å². The normalized spacial score (nSPS) is 12.8. The monoisotopic (exact) mass is 307 g/mol. The molecule has 0 aliphatic rings. The van der Waals surface area contributed by atoms with Crippen molar-refractivity contribution in [1.29, 1.82) is 0 Å². The number of nitrogens with one attached hydrogen (secondary N) is 1. The highest BCUT2D eigenvalue weighted by molar-refractivity contribution is 5.94. The predicted molar refractivity (Wildman–Crippen MR) is 65.2 cm³/mol. The van der Waals surface area contributed by atoms with Crippen molar-refractivity contribution in [2.45, 2.75) is 19.5 Å². The average Bonchev–Trinajstić information content (AvgIpc) is 2.37. The molecular weight excluding hydrogens is 294 g/mol. The van der Waals surface area contributed by atoms with Gasteiger partial charge in [-0.05, 0) is 18.6 Å². The molecule has 0 aliphatic heterocycles. The van der Waals surface area contributed by atoms with Crippen molar-refractivity contribution < 1.29 is 32.3 Å². The summed E-state index contributed by atoms with van der Waals surface area (Å²) in [7, 11) is 0. The molecule has 1 aromatic rings. The molecule has 0 saturated carbocycles. The number of halogens is 4. The lowest BCUT2D eigenvalue weighted by Crippen LogP contribution is -2.33. The summed E-state index contributed by atoms with van der Waals surface area (Å²) in [6, 6.07) is 2.34. The molecule has 0 heterocycles. The van der Waals surface area contributed by atoms with Gasteiger partial charge in [0.2, 0.25) is 0 Å². The number of aliphatic carboxylic acids is 1. The minimum atomic E-state index is -4.91. The lowest BCUT2D eigenvalue weighted by molar-refractivity contribution is -0.141. The molecule has 0 spiro atoms. The van der Waals surface area contributed by atoms with Crippen LogP contribution in [0.2, 0.25) is 0 Å². The van der Waals surface area contributed by atoms with Crippen LogP contribution >= 0.6 is 0 Å². The summed E-state index contributed by atoms with van der Waals surface area (Å²) in [4.78, 5) is 22.4. The van der Waals surface area contributed by atoms with Crippen LogP contribution in [-0.4, -0.2) is 23.5 Å². The van der Waals surface area contributed by atoms with E-state index in [-0.39, 0.29) is 13.0 Å². The number of alkyl halides is 3. The van der Waals surface area contributed by atoms with Crippen LogP contribution in [0.15, 0.2) is 18.2 Å². The lowest BCUT2D eigenvalue weighted by Gasteiger charge is -2.13. The molecule has 0 aromatic heterocycles. The second-order valence-electron chi connectivity index (χ2n) is 4.32. The van der Waals surface area contributed by atoms with Gasteiger partial charge in [-0.1, -0.05) is 13.0 Å². The van der Waals surface area contributed by atoms with Crippen molar-refractivity contribution >= 4 is 11.9 Å². The molecule has 116 valence electrons. The van der Waals surface area contributed by atoms with Crippen LogP contribution in [0.4, 0.5) is 17.6 Å². The number of rotatable bonds is 5. The number of amides is 1. The van der Waals surface area contributed by atoms with Gasteiger partial charge in [0.1, 0.15) is 5.82 Å². The number of benzene rings is 1. The molecule has 8 heteroatoms. The Balaban J connectivity index is 2.92. The standard InChI is InChI=1S/C13H13F4NO3/c1-2-7(12(20)21)6-18-11(19)8-4-3-5-9(10(8)14)13(15,16)17/h3-5,7H,2,6H2,1H3,(H,18,19)(H,20,21). The summed E-state index contributed by atoms with van der Waals surface area (Å²) >= 11 is 0. The van der Waals surface area contributed by atoms with Gasteiger partial charge >= 0.3 is 12.1 Å². The van der Waals surface area contributed by atoms with E-state index < -0.39 is 40.9 Å². The molecule has 4 nitrogen and oxygen atoms in total. The Morgan fingerprint density at radius 2 is 1.95 bits per heavy atom. The second-order valence-corrected chi connectivity index (χ2v) is 4.32. The fraction of sp³-hybridized carbons (Fsp3) is 0.385. The summed E-state index contributed by atoms with van der Waals surface area (Å²) in [6.07, 6.45) is -4.69. The van der Waals surface area contributed by atoms with Crippen molar-refractivity contribution in [3.8, 4) is 0 Å². The zero-order valence-corrected chi connectivity index (χ0v) is 11.0. The van der Waals surface area contributed by atoms with E-state index >= 15 is 0 Å². The highest BCUT2D eigenvalue weighted by Gasteiger charge is 2.35. The van der Waals surface area contributed by atoms with Crippen LogP contribution in [0.5, 0.6) is 0 Å². The van der Waals surface area contributed by atoms with Gasteiger partial charge in [-0.25, -0.2) is 4.39 Å². The van der Waals surface area contributed by atoms with Gasteiger partial charge in [0, 0.05) is 6.54 Å². The third-order valence-electron chi connectivity index (χ3n) is 2.90. The zero-order chi connectivity index (χ0) is 16.2. The summed E-state index contributed by atoms with van der Waals surface area (Å²) in [5, 5.41) is 10.9. The van der Waals surface area contributed by atoms with E-state index in [1.165, 1.54) is 0 Å². The maximum absolute atomic E-state index is 13.7. The number of hydrogen-bond acceptors (Lipinski definition) is 2. The van der Waals surface area contributed by atoms with Crippen molar-refractivity contribution in [1.82, 2.24) is 5.32 Å². The Labute approximate surface area is 117 Å². The first-order valence-corrected chi connectivity index (χ1v) is 6.05. The van der Waals surface area contributed by atoms with Crippen LogP contribution in [0.3, 0.4) is 0 Å². The highest BCUT2D eigenvalue weighted by Crippen LogP contribution is 2.32. The molecule has 0 radical (unpaired) electrons. The van der Waals surface area contributed by atoms with E-state index in [9.17, 15) is 27.2 Å². The Morgan fingerprint density at radius 1 is 1.33 bits per heavy atom. The smallest absolute Gasteiger partial charge is 0.419 e. The van der Waals surface area contributed by atoms with Crippen molar-refractivity contribution in [3.63, 3.8) is 0 Å². The lowest BCUT2D eigenvalue weighted by atomic mass is 10.1. The van der Waals surface area contributed by atoms with Crippen LogP contribution in [0.1, 0.15) is 29.3 Å². The number of carboxylic acids is 1. The minimum absolute atomic E-state index is 0.223. The molecule has 21 heavy (non-hydrogen) atoms. The van der Waals surface area contributed by atoms with Gasteiger partial charge in [0.15, 0.2) is 0 Å². The van der Waals surface area contributed by atoms with E-state index in [2.05, 4.69) is 5.32 Å². The van der Waals surface area contributed by atoms with E-state index in [1.54, 1.807) is 6.92 Å². The second kappa shape index (κ2) is 6.55. The molecule has 1 aromatic carbocycles. The maximum atomic E-state index is 13.7. The van der Waals surface area contributed by atoms with Gasteiger partial charge < -0.3 is 10.4 Å². The van der Waals surface area contributed by atoms with E-state index in [4.69, 9.17) is 5.11 Å². The molecule has 0 saturated heterocycles. The third kappa shape index (κ3) is 4.17. The quantitative estimate of drug-likeness (QED) is 0.822. The molecule has 2 N–H and O–H groups in total. The van der Waals surface area contributed by atoms with E-state index in [1.807, 2.05) is 0 Å².